The monoisotopic (exact) mass is 526 g/mol. The molecule has 0 saturated carbocycles. The highest BCUT2D eigenvalue weighted by Gasteiger charge is 2.21. The van der Waals surface area contributed by atoms with Gasteiger partial charge in [0.15, 0.2) is 17.1 Å². The second-order valence-electron chi connectivity index (χ2n) is 7.10. The van der Waals surface area contributed by atoms with Gasteiger partial charge in [-0.15, -0.1) is 21.5 Å². The maximum absolute atomic E-state index is 13.3. The Hall–Kier alpha value is -2.63. The van der Waals surface area contributed by atoms with Gasteiger partial charge in [0.05, 0.1) is 22.9 Å². The molecular formula is C22H24ClFN4O4S2. The molecule has 1 amide bonds. The highest BCUT2D eigenvalue weighted by molar-refractivity contribution is 7.99. The Labute approximate surface area is 209 Å². The SMILES string of the molecule is CCOC(=O)c1cc(CC)sc1NC(=O)CSc1nnc(C(C)Oc2ccc(F)cc2Cl)n1C. The summed E-state index contributed by atoms with van der Waals surface area (Å²) in [6.07, 6.45) is 0.224. The lowest BCUT2D eigenvalue weighted by Crippen LogP contribution is -2.16. The van der Waals surface area contributed by atoms with Crippen molar-refractivity contribution in [1.82, 2.24) is 14.8 Å². The minimum absolute atomic E-state index is 0.0621. The van der Waals surface area contributed by atoms with Crippen molar-refractivity contribution < 1.29 is 23.5 Å². The molecule has 0 spiro atoms. The molecule has 1 atom stereocenters. The zero-order valence-electron chi connectivity index (χ0n) is 19.1. The van der Waals surface area contributed by atoms with Gasteiger partial charge in [-0.05, 0) is 44.5 Å². The highest BCUT2D eigenvalue weighted by Crippen LogP contribution is 2.31. The van der Waals surface area contributed by atoms with E-state index in [4.69, 9.17) is 21.1 Å². The van der Waals surface area contributed by atoms with Crippen LogP contribution in [0.4, 0.5) is 9.39 Å². The molecule has 0 bridgehead atoms. The molecule has 0 radical (unpaired) electrons. The van der Waals surface area contributed by atoms with Crippen molar-refractivity contribution in [2.24, 2.45) is 7.05 Å². The van der Waals surface area contributed by atoms with Gasteiger partial charge in [-0.1, -0.05) is 30.3 Å². The highest BCUT2D eigenvalue weighted by atomic mass is 35.5. The van der Waals surface area contributed by atoms with E-state index in [0.29, 0.717) is 27.3 Å². The molecule has 12 heteroatoms. The Morgan fingerprint density at radius 1 is 1.29 bits per heavy atom. The number of nitrogens with one attached hydrogen (secondary N) is 1. The summed E-state index contributed by atoms with van der Waals surface area (Å²) < 4.78 is 25.9. The van der Waals surface area contributed by atoms with Crippen LogP contribution in [0.1, 0.15) is 47.9 Å². The molecule has 0 aliphatic carbocycles. The molecule has 2 heterocycles. The maximum atomic E-state index is 13.3. The number of aryl methyl sites for hydroxylation is 1. The molecule has 3 rings (SSSR count). The van der Waals surface area contributed by atoms with Crippen LogP contribution in [-0.4, -0.2) is 39.0 Å². The van der Waals surface area contributed by atoms with Crippen LogP contribution in [-0.2, 0) is 23.0 Å². The molecule has 0 aliphatic rings. The lowest BCUT2D eigenvalue weighted by molar-refractivity contribution is -0.113. The molecular weight excluding hydrogens is 503 g/mol. The van der Waals surface area contributed by atoms with Gasteiger partial charge >= 0.3 is 5.97 Å². The minimum Gasteiger partial charge on any atom is -0.481 e. The molecule has 3 aromatic rings. The van der Waals surface area contributed by atoms with E-state index < -0.39 is 17.9 Å². The van der Waals surface area contributed by atoms with E-state index in [9.17, 15) is 14.0 Å². The fourth-order valence-electron chi connectivity index (χ4n) is 2.98. The largest absolute Gasteiger partial charge is 0.481 e. The summed E-state index contributed by atoms with van der Waals surface area (Å²) in [5, 5.41) is 12.2. The second kappa shape index (κ2) is 11.7. The summed E-state index contributed by atoms with van der Waals surface area (Å²) in [6.45, 7) is 5.73. The molecule has 34 heavy (non-hydrogen) atoms. The van der Waals surface area contributed by atoms with Crippen LogP contribution in [0.5, 0.6) is 5.75 Å². The van der Waals surface area contributed by atoms with Gasteiger partial charge in [0, 0.05) is 11.9 Å². The van der Waals surface area contributed by atoms with Gasteiger partial charge in [-0.2, -0.15) is 0 Å². The Morgan fingerprint density at radius 2 is 2.06 bits per heavy atom. The van der Waals surface area contributed by atoms with Gasteiger partial charge in [-0.25, -0.2) is 9.18 Å². The van der Waals surface area contributed by atoms with Crippen molar-refractivity contribution in [2.75, 3.05) is 17.7 Å². The van der Waals surface area contributed by atoms with Crippen LogP contribution in [0.25, 0.3) is 0 Å². The third-order valence-corrected chi connectivity index (χ3v) is 7.15. The van der Waals surface area contributed by atoms with E-state index >= 15 is 0 Å². The zero-order chi connectivity index (χ0) is 24.8. The molecule has 1 aromatic carbocycles. The molecule has 0 aliphatic heterocycles. The van der Waals surface area contributed by atoms with Crippen LogP contribution in [0, 0.1) is 5.82 Å². The first kappa shape index (κ1) is 26.0. The Kier molecular flexibility index (Phi) is 8.92. The molecule has 2 aromatic heterocycles. The summed E-state index contributed by atoms with van der Waals surface area (Å²) >= 11 is 8.58. The maximum Gasteiger partial charge on any atom is 0.341 e. The van der Waals surface area contributed by atoms with Gasteiger partial charge < -0.3 is 19.4 Å². The number of nitrogens with zero attached hydrogens (tertiary/aromatic N) is 3. The first-order chi connectivity index (χ1) is 16.2. The number of hydrogen-bond acceptors (Lipinski definition) is 8. The van der Waals surface area contributed by atoms with Crippen LogP contribution in [0.15, 0.2) is 29.4 Å². The van der Waals surface area contributed by atoms with E-state index in [1.807, 2.05) is 6.92 Å². The number of esters is 1. The number of aromatic nitrogens is 3. The number of halogens is 2. The molecule has 1 unspecified atom stereocenters. The average Bonchev–Trinajstić information content (AvgIpc) is 3.37. The number of anilines is 1. The summed E-state index contributed by atoms with van der Waals surface area (Å²) in [5.74, 6) is -0.303. The number of ether oxygens (including phenoxy) is 2. The van der Waals surface area contributed by atoms with Crippen molar-refractivity contribution in [2.45, 2.75) is 38.5 Å². The quantitative estimate of drug-likeness (QED) is 0.283. The number of thioether (sulfide) groups is 1. The lowest BCUT2D eigenvalue weighted by Gasteiger charge is -2.15. The van der Waals surface area contributed by atoms with Crippen LogP contribution in [0.3, 0.4) is 0 Å². The normalized spacial score (nSPS) is 11.8. The van der Waals surface area contributed by atoms with E-state index in [0.717, 1.165) is 11.3 Å². The number of hydrogen-bond donors (Lipinski definition) is 1. The molecule has 0 fully saturated rings. The van der Waals surface area contributed by atoms with Crippen molar-refractivity contribution >= 4 is 51.6 Å². The fraction of sp³-hybridized carbons (Fsp3) is 0.364. The summed E-state index contributed by atoms with van der Waals surface area (Å²) in [7, 11) is 1.76. The summed E-state index contributed by atoms with van der Waals surface area (Å²) in [4.78, 5) is 25.7. The fourth-order valence-corrected chi connectivity index (χ4v) is 4.91. The predicted octanol–water partition coefficient (Wildman–Crippen LogP) is 5.28. The van der Waals surface area contributed by atoms with E-state index in [-0.39, 0.29) is 23.3 Å². The van der Waals surface area contributed by atoms with E-state index in [2.05, 4.69) is 15.5 Å². The van der Waals surface area contributed by atoms with Crippen LogP contribution >= 0.6 is 34.7 Å². The summed E-state index contributed by atoms with van der Waals surface area (Å²) in [5.41, 5.74) is 0.355. The zero-order valence-corrected chi connectivity index (χ0v) is 21.4. The third kappa shape index (κ3) is 6.28. The first-order valence-corrected chi connectivity index (χ1v) is 12.6. The Bertz CT molecular complexity index is 1180. The van der Waals surface area contributed by atoms with Gasteiger partial charge in [0.1, 0.15) is 16.6 Å². The number of benzene rings is 1. The van der Waals surface area contributed by atoms with Crippen molar-refractivity contribution in [3.8, 4) is 5.75 Å². The number of carbonyl (C=O) groups is 2. The van der Waals surface area contributed by atoms with Gasteiger partial charge in [0.25, 0.3) is 0 Å². The van der Waals surface area contributed by atoms with Crippen molar-refractivity contribution in [3.05, 3.63) is 51.4 Å². The Balaban J connectivity index is 1.63. The van der Waals surface area contributed by atoms with Crippen molar-refractivity contribution in [1.29, 1.82) is 0 Å². The third-order valence-electron chi connectivity index (χ3n) is 4.64. The predicted molar refractivity (Wildman–Crippen MR) is 130 cm³/mol. The molecule has 1 N–H and O–H groups in total. The van der Waals surface area contributed by atoms with Gasteiger partial charge in [-0.3, -0.25) is 4.79 Å². The number of rotatable bonds is 10. The van der Waals surface area contributed by atoms with Crippen molar-refractivity contribution in [3.63, 3.8) is 0 Å². The van der Waals surface area contributed by atoms with Crippen LogP contribution < -0.4 is 10.1 Å². The van der Waals surface area contributed by atoms with Gasteiger partial charge in [0.2, 0.25) is 5.91 Å². The number of amides is 1. The van der Waals surface area contributed by atoms with Crippen LogP contribution in [0.2, 0.25) is 5.02 Å². The van der Waals surface area contributed by atoms with E-state index in [1.165, 1.54) is 41.3 Å². The molecule has 0 saturated heterocycles. The molecule has 182 valence electrons. The minimum atomic E-state index is -0.519. The Morgan fingerprint density at radius 3 is 2.74 bits per heavy atom. The summed E-state index contributed by atoms with van der Waals surface area (Å²) in [6, 6.07) is 5.62. The second-order valence-corrected chi connectivity index (χ2v) is 9.59. The van der Waals surface area contributed by atoms with E-state index in [1.54, 1.807) is 31.5 Å². The standard InChI is InChI=1S/C22H24ClFN4O4S2/c1-5-14-10-15(21(30)31-6-2)20(34-14)25-18(29)11-33-22-27-26-19(28(22)4)12(3)32-17-8-7-13(24)9-16(17)23/h7-10,12H,5-6,11H2,1-4H3,(H,25,29). The molecule has 8 nitrogen and oxygen atoms in total. The first-order valence-electron chi connectivity index (χ1n) is 10.5. The number of thiophene rings is 1. The topological polar surface area (TPSA) is 95.3 Å². The smallest absolute Gasteiger partial charge is 0.341 e. The lowest BCUT2D eigenvalue weighted by atomic mass is 10.2. The number of carbonyl (C=O) groups excluding carboxylic acids is 2. The average molecular weight is 527 g/mol.